The summed E-state index contributed by atoms with van der Waals surface area (Å²) in [5.74, 6) is 0.517. The Kier molecular flexibility index (Phi) is 5.90. The van der Waals surface area contributed by atoms with Gasteiger partial charge in [-0.1, -0.05) is 23.9 Å². The lowest BCUT2D eigenvalue weighted by Crippen LogP contribution is -2.23. The van der Waals surface area contributed by atoms with E-state index in [9.17, 15) is 14.4 Å². The molecule has 9 heteroatoms. The molecule has 0 spiro atoms. The Balaban J connectivity index is 1.63. The van der Waals surface area contributed by atoms with Crippen molar-refractivity contribution in [3.8, 4) is 0 Å². The molecule has 142 valence electrons. The van der Waals surface area contributed by atoms with Crippen LogP contribution >= 0.6 is 11.8 Å². The number of anilines is 1. The van der Waals surface area contributed by atoms with Crippen LogP contribution < -0.4 is 10.6 Å². The maximum atomic E-state index is 12.6. The Labute approximate surface area is 161 Å². The molecule has 27 heavy (non-hydrogen) atoms. The van der Waals surface area contributed by atoms with Crippen molar-refractivity contribution in [2.24, 2.45) is 12.8 Å². The Morgan fingerprint density at radius 3 is 2.81 bits per heavy atom. The summed E-state index contributed by atoms with van der Waals surface area (Å²) in [4.78, 5) is 37.1. The van der Waals surface area contributed by atoms with Gasteiger partial charge in [-0.2, -0.15) is 0 Å². The van der Waals surface area contributed by atoms with Gasteiger partial charge in [0, 0.05) is 44.1 Å². The van der Waals surface area contributed by atoms with E-state index in [1.165, 1.54) is 11.8 Å². The van der Waals surface area contributed by atoms with Crippen LogP contribution in [0.2, 0.25) is 0 Å². The van der Waals surface area contributed by atoms with Crippen molar-refractivity contribution in [3.63, 3.8) is 0 Å². The van der Waals surface area contributed by atoms with Crippen LogP contribution in [0.15, 0.2) is 29.4 Å². The molecule has 2 N–H and O–H groups in total. The molecule has 2 amide bonds. The number of Topliss-reactive ketones (excluding diaryl/α,β-unsaturated/α-hetero) is 1. The zero-order valence-electron chi connectivity index (χ0n) is 15.1. The second-order valence-corrected chi connectivity index (χ2v) is 7.28. The van der Waals surface area contributed by atoms with Gasteiger partial charge in [-0.3, -0.25) is 14.4 Å². The summed E-state index contributed by atoms with van der Waals surface area (Å²) in [6.45, 7) is 0.693. The number of rotatable bonds is 8. The Morgan fingerprint density at radius 1 is 1.30 bits per heavy atom. The number of aromatic nitrogens is 3. The number of ketones is 1. The maximum Gasteiger partial charge on any atom is 0.227 e. The topological polar surface area (TPSA) is 111 Å². The fourth-order valence-corrected chi connectivity index (χ4v) is 3.73. The van der Waals surface area contributed by atoms with Crippen molar-refractivity contribution in [1.82, 2.24) is 14.8 Å². The molecule has 3 rings (SSSR count). The minimum atomic E-state index is -0.390. The van der Waals surface area contributed by atoms with Crippen LogP contribution in [0.25, 0.3) is 0 Å². The van der Waals surface area contributed by atoms with Crippen molar-refractivity contribution in [2.75, 3.05) is 17.2 Å². The Bertz CT molecular complexity index is 880. The van der Waals surface area contributed by atoms with Crippen LogP contribution in [0.4, 0.5) is 5.69 Å². The van der Waals surface area contributed by atoms with E-state index in [-0.39, 0.29) is 23.9 Å². The average Bonchev–Trinajstić information content (AvgIpc) is 3.23. The highest BCUT2D eigenvalue weighted by atomic mass is 32.2. The largest absolute Gasteiger partial charge is 0.370 e. The van der Waals surface area contributed by atoms with E-state index < -0.39 is 5.91 Å². The fraction of sp³-hybridized carbons (Fsp3) is 0.389. The lowest BCUT2D eigenvalue weighted by atomic mass is 10.1. The van der Waals surface area contributed by atoms with Gasteiger partial charge in [0.25, 0.3) is 0 Å². The molecule has 0 saturated carbocycles. The minimum absolute atomic E-state index is 0.0461. The molecule has 1 aliphatic heterocycles. The van der Waals surface area contributed by atoms with E-state index in [0.29, 0.717) is 35.9 Å². The first-order chi connectivity index (χ1) is 13.0. The van der Waals surface area contributed by atoms with Gasteiger partial charge in [-0.15, -0.1) is 10.2 Å². The summed E-state index contributed by atoms with van der Waals surface area (Å²) in [5, 5.41) is 8.72. The Hall–Kier alpha value is -2.68. The smallest absolute Gasteiger partial charge is 0.227 e. The minimum Gasteiger partial charge on any atom is -0.370 e. The first kappa shape index (κ1) is 19.1. The molecule has 1 saturated heterocycles. The third-order valence-electron chi connectivity index (χ3n) is 4.41. The highest BCUT2D eigenvalue weighted by Gasteiger charge is 2.22. The number of thioether (sulfide) groups is 1. The zero-order valence-corrected chi connectivity index (χ0v) is 15.9. The van der Waals surface area contributed by atoms with E-state index in [0.717, 1.165) is 12.1 Å². The molecule has 0 atom stereocenters. The molecule has 1 fully saturated rings. The van der Waals surface area contributed by atoms with Crippen molar-refractivity contribution >= 4 is 35.0 Å². The number of primary amides is 1. The second kappa shape index (κ2) is 8.34. The van der Waals surface area contributed by atoms with Gasteiger partial charge in [0.2, 0.25) is 11.8 Å². The normalized spacial score (nSPS) is 14.0. The number of carbonyl (C=O) groups is 3. The van der Waals surface area contributed by atoms with Gasteiger partial charge in [0.15, 0.2) is 10.9 Å². The predicted octanol–water partition coefficient (Wildman–Crippen LogP) is 1.33. The molecule has 0 unspecified atom stereocenters. The van der Waals surface area contributed by atoms with Gasteiger partial charge >= 0.3 is 0 Å². The van der Waals surface area contributed by atoms with Crippen LogP contribution in [0.1, 0.15) is 35.4 Å². The molecule has 1 aliphatic rings. The Morgan fingerprint density at radius 2 is 2.11 bits per heavy atom. The number of nitrogens with two attached hydrogens (primary N) is 1. The number of hydrogen-bond acceptors (Lipinski definition) is 6. The summed E-state index contributed by atoms with van der Waals surface area (Å²) in [6.07, 6.45) is 2.02. The third-order valence-corrected chi connectivity index (χ3v) is 5.43. The quantitative estimate of drug-likeness (QED) is 0.540. The number of benzene rings is 1. The van der Waals surface area contributed by atoms with E-state index in [4.69, 9.17) is 5.73 Å². The SMILES string of the molecule is Cn1c(CCC(N)=O)nnc1SCC(=O)c1cccc(N2CCCC2=O)c1. The monoisotopic (exact) mass is 387 g/mol. The fourth-order valence-electron chi connectivity index (χ4n) is 2.91. The van der Waals surface area contributed by atoms with Crippen molar-refractivity contribution in [3.05, 3.63) is 35.7 Å². The first-order valence-electron chi connectivity index (χ1n) is 8.68. The molecule has 0 bridgehead atoms. The van der Waals surface area contributed by atoms with E-state index in [1.807, 2.05) is 6.07 Å². The van der Waals surface area contributed by atoms with Crippen LogP contribution in [0.3, 0.4) is 0 Å². The van der Waals surface area contributed by atoms with Gasteiger partial charge in [-0.05, 0) is 18.6 Å². The number of carbonyl (C=O) groups excluding carboxylic acids is 3. The van der Waals surface area contributed by atoms with E-state index in [2.05, 4.69) is 10.2 Å². The summed E-state index contributed by atoms with van der Waals surface area (Å²) in [7, 11) is 1.79. The molecule has 0 radical (unpaired) electrons. The lowest BCUT2D eigenvalue weighted by molar-refractivity contribution is -0.118. The van der Waals surface area contributed by atoms with Gasteiger partial charge in [0.1, 0.15) is 5.82 Å². The van der Waals surface area contributed by atoms with Crippen LogP contribution in [0, 0.1) is 0 Å². The second-order valence-electron chi connectivity index (χ2n) is 6.34. The zero-order chi connectivity index (χ0) is 19.4. The van der Waals surface area contributed by atoms with Crippen molar-refractivity contribution in [1.29, 1.82) is 0 Å². The summed E-state index contributed by atoms with van der Waals surface area (Å²) in [6, 6.07) is 7.16. The molecule has 8 nitrogen and oxygen atoms in total. The molecular weight excluding hydrogens is 366 g/mol. The number of hydrogen-bond donors (Lipinski definition) is 1. The molecule has 1 aromatic heterocycles. The van der Waals surface area contributed by atoms with Crippen LogP contribution in [-0.4, -0.2) is 44.7 Å². The summed E-state index contributed by atoms with van der Waals surface area (Å²) < 4.78 is 1.76. The maximum absolute atomic E-state index is 12.6. The molecule has 1 aromatic carbocycles. The van der Waals surface area contributed by atoms with E-state index in [1.54, 1.807) is 34.7 Å². The average molecular weight is 387 g/mol. The highest BCUT2D eigenvalue weighted by Crippen LogP contribution is 2.24. The molecular formula is C18H21N5O3S. The summed E-state index contributed by atoms with van der Waals surface area (Å²) >= 11 is 1.29. The highest BCUT2D eigenvalue weighted by molar-refractivity contribution is 7.99. The standard InChI is InChI=1S/C18H21N5O3S/c1-22-16(8-7-15(19)25)20-21-18(22)27-11-14(24)12-4-2-5-13(10-12)23-9-3-6-17(23)26/h2,4-5,10H,3,6-9,11H2,1H3,(H2,19,25). The van der Waals surface area contributed by atoms with Crippen molar-refractivity contribution < 1.29 is 14.4 Å². The number of aryl methyl sites for hydroxylation is 1. The molecule has 0 aliphatic carbocycles. The predicted molar refractivity (Wildman–Crippen MR) is 102 cm³/mol. The first-order valence-corrected chi connectivity index (χ1v) is 9.67. The summed E-state index contributed by atoms with van der Waals surface area (Å²) in [5.41, 5.74) is 6.49. The number of amides is 2. The number of nitrogens with zero attached hydrogens (tertiary/aromatic N) is 4. The van der Waals surface area contributed by atoms with Crippen LogP contribution in [0.5, 0.6) is 0 Å². The molecule has 2 aromatic rings. The third kappa shape index (κ3) is 4.54. The van der Waals surface area contributed by atoms with Crippen molar-refractivity contribution in [2.45, 2.75) is 30.8 Å². The van der Waals surface area contributed by atoms with Gasteiger partial charge < -0.3 is 15.2 Å². The van der Waals surface area contributed by atoms with Gasteiger partial charge in [-0.25, -0.2) is 0 Å². The lowest BCUT2D eigenvalue weighted by Gasteiger charge is -2.16. The molecule has 2 heterocycles. The van der Waals surface area contributed by atoms with Gasteiger partial charge in [0.05, 0.1) is 5.75 Å². The van der Waals surface area contributed by atoms with E-state index >= 15 is 0 Å². The van der Waals surface area contributed by atoms with Crippen LogP contribution in [-0.2, 0) is 23.1 Å².